The Morgan fingerprint density at radius 3 is 2.53 bits per heavy atom. The highest BCUT2D eigenvalue weighted by Gasteiger charge is 2.52. The van der Waals surface area contributed by atoms with Crippen LogP contribution in [0, 0.1) is 0 Å². The zero-order chi connectivity index (χ0) is 14.3. The van der Waals surface area contributed by atoms with Gasteiger partial charge in [0.2, 0.25) is 0 Å². The Hall–Kier alpha value is -1.31. The molecule has 0 radical (unpaired) electrons. The van der Waals surface area contributed by atoms with E-state index in [2.05, 4.69) is 9.75 Å². The van der Waals surface area contributed by atoms with Gasteiger partial charge < -0.3 is 19.0 Å². The van der Waals surface area contributed by atoms with E-state index in [9.17, 15) is 4.79 Å². The van der Waals surface area contributed by atoms with Gasteiger partial charge in [-0.3, -0.25) is 0 Å². The Kier molecular flexibility index (Phi) is 3.46. The van der Waals surface area contributed by atoms with Crippen molar-refractivity contribution >= 4 is 26.4 Å². The summed E-state index contributed by atoms with van der Waals surface area (Å²) in [6.07, 6.45) is 2.17. The average molecular weight is 266 g/mol. The number of rotatable bonds is 2. The van der Waals surface area contributed by atoms with Crippen LogP contribution in [0.15, 0.2) is 12.4 Å². The van der Waals surface area contributed by atoms with Crippen LogP contribution in [-0.2, 0) is 14.0 Å². The van der Waals surface area contributed by atoms with Gasteiger partial charge in [-0.05, 0) is 27.7 Å². The predicted molar refractivity (Wildman–Crippen MR) is 69.2 cm³/mol. The van der Waals surface area contributed by atoms with Crippen molar-refractivity contribution in [2.75, 3.05) is 0 Å². The molecule has 0 saturated carbocycles. The average Bonchev–Trinajstić information content (AvgIpc) is 2.83. The van der Waals surface area contributed by atoms with Crippen molar-refractivity contribution in [1.29, 1.82) is 0 Å². The van der Waals surface area contributed by atoms with Gasteiger partial charge >= 0.3 is 20.9 Å². The van der Waals surface area contributed by atoms with Gasteiger partial charge in [0.25, 0.3) is 0 Å². The summed E-state index contributed by atoms with van der Waals surface area (Å²) in [6.45, 7) is 7.77. The second-order valence-corrected chi connectivity index (χ2v) is 5.35. The van der Waals surface area contributed by atoms with E-state index in [4.69, 9.17) is 14.3 Å². The van der Waals surface area contributed by atoms with Crippen LogP contribution in [0.25, 0.3) is 0 Å². The van der Waals surface area contributed by atoms with E-state index in [-0.39, 0.29) is 0 Å². The van der Waals surface area contributed by atoms with Crippen LogP contribution in [0.3, 0.4) is 0 Å². The van der Waals surface area contributed by atoms with Crippen LogP contribution >= 0.6 is 0 Å². The molecule has 9 heteroatoms. The smallest absolute Gasteiger partial charge is 0.494 e. The monoisotopic (exact) mass is 266 g/mol. The molecule has 0 amide bonds. The quantitative estimate of drug-likeness (QED) is 0.721. The molecule has 1 aromatic rings. The molecule has 7 nitrogen and oxygen atoms in total. The van der Waals surface area contributed by atoms with E-state index < -0.39 is 32.1 Å². The summed E-state index contributed by atoms with van der Waals surface area (Å²) in [6, 6.07) is 0. The van der Waals surface area contributed by atoms with Gasteiger partial charge in [0.15, 0.2) is 0 Å². The van der Waals surface area contributed by atoms with Gasteiger partial charge in [-0.15, -0.1) is 0 Å². The second kappa shape index (κ2) is 4.66. The number of aromatic nitrogens is 2. The number of hydrogen-bond donors (Lipinski definition) is 1. The van der Waals surface area contributed by atoms with Crippen LogP contribution in [0.5, 0.6) is 0 Å². The maximum Gasteiger partial charge on any atom is 0.507 e. The number of nitrogens with zero attached hydrogens (tertiary/aromatic N) is 2. The minimum Gasteiger partial charge on any atom is -0.494 e. The van der Waals surface area contributed by atoms with Crippen LogP contribution in [0.2, 0.25) is 0 Å². The summed E-state index contributed by atoms with van der Waals surface area (Å²) in [7, 11) is -1.27. The Morgan fingerprint density at radius 2 is 2.00 bits per heavy atom. The normalized spacial score (nSPS) is 20.4. The molecular weight excluding hydrogens is 250 g/mol. The van der Waals surface area contributed by atoms with E-state index in [0.717, 1.165) is 4.68 Å². The lowest BCUT2D eigenvalue weighted by Crippen LogP contribution is -2.41. The maximum atomic E-state index is 11.4. The van der Waals surface area contributed by atoms with Gasteiger partial charge in [-0.1, -0.05) is 0 Å². The first kappa shape index (κ1) is 14.1. The number of hydrogen-bond acceptors (Lipinski definition) is 6. The van der Waals surface area contributed by atoms with E-state index >= 15 is 0 Å². The molecule has 2 heterocycles. The van der Waals surface area contributed by atoms with Crippen LogP contribution in [0.1, 0.15) is 27.7 Å². The van der Waals surface area contributed by atoms with Crippen molar-refractivity contribution in [3.8, 4) is 0 Å². The lowest BCUT2D eigenvalue weighted by molar-refractivity contribution is 0.00578. The Morgan fingerprint density at radius 1 is 1.42 bits per heavy atom. The van der Waals surface area contributed by atoms with Crippen LogP contribution in [-0.4, -0.2) is 46.9 Å². The highest BCUT2D eigenvalue weighted by Crippen LogP contribution is 2.36. The summed E-state index contributed by atoms with van der Waals surface area (Å²) in [5.41, 5.74) is -0.287. The zero-order valence-electron chi connectivity index (χ0n) is 11.4. The first-order valence-electron chi connectivity index (χ1n) is 5.95. The van der Waals surface area contributed by atoms with Crippen molar-refractivity contribution in [3.05, 3.63) is 12.4 Å². The van der Waals surface area contributed by atoms with Gasteiger partial charge in [0.1, 0.15) is 0 Å². The molecule has 2 rings (SSSR count). The molecule has 0 bridgehead atoms. The Labute approximate surface area is 112 Å². The minimum atomic E-state index is -0.759. The topological polar surface area (TPSA) is 82.8 Å². The molecular formula is C10H16B2N2O5. The second-order valence-electron chi connectivity index (χ2n) is 5.35. The molecule has 102 valence electrons. The molecule has 0 aliphatic carbocycles. The first-order chi connectivity index (χ1) is 8.77. The van der Waals surface area contributed by atoms with Crippen LogP contribution < -0.4 is 5.46 Å². The molecule has 1 N–H and O–H groups in total. The maximum absolute atomic E-state index is 11.4. The van der Waals surface area contributed by atoms with Crippen molar-refractivity contribution in [2.24, 2.45) is 0 Å². The summed E-state index contributed by atoms with van der Waals surface area (Å²) in [4.78, 5) is 11.4. The van der Waals surface area contributed by atoms with Crippen LogP contribution in [0.4, 0.5) is 4.79 Å². The molecule has 1 fully saturated rings. The summed E-state index contributed by atoms with van der Waals surface area (Å²) in [5, 5.41) is 12.4. The van der Waals surface area contributed by atoms with Gasteiger partial charge in [0.05, 0.1) is 11.2 Å². The third-order valence-electron chi connectivity index (χ3n) is 3.50. The third-order valence-corrected chi connectivity index (χ3v) is 3.50. The Balaban J connectivity index is 2.15. The molecule has 0 aromatic carbocycles. The summed E-state index contributed by atoms with van der Waals surface area (Å²) >= 11 is 0. The van der Waals surface area contributed by atoms with Crippen molar-refractivity contribution in [2.45, 2.75) is 38.9 Å². The Bertz CT molecular complexity index is 472. The molecule has 0 atom stereocenters. The molecule has 1 aromatic heterocycles. The van der Waals surface area contributed by atoms with E-state index in [1.165, 1.54) is 12.4 Å². The van der Waals surface area contributed by atoms with Gasteiger partial charge in [0, 0.05) is 17.9 Å². The molecule has 0 unspecified atom stereocenters. The first-order valence-corrected chi connectivity index (χ1v) is 5.95. The zero-order valence-corrected chi connectivity index (χ0v) is 11.4. The third kappa shape index (κ3) is 2.54. The highest BCUT2D eigenvalue weighted by atomic mass is 16.7. The van der Waals surface area contributed by atoms with E-state index in [1.807, 2.05) is 27.7 Å². The van der Waals surface area contributed by atoms with E-state index in [1.54, 1.807) is 0 Å². The minimum absolute atomic E-state index is 0.453. The molecule has 1 saturated heterocycles. The van der Waals surface area contributed by atoms with E-state index in [0.29, 0.717) is 5.46 Å². The molecule has 1 aliphatic heterocycles. The highest BCUT2D eigenvalue weighted by molar-refractivity contribution is 6.62. The van der Waals surface area contributed by atoms with Crippen molar-refractivity contribution in [3.63, 3.8) is 0 Å². The lowest BCUT2D eigenvalue weighted by atomic mass is 9.82. The van der Waals surface area contributed by atoms with Gasteiger partial charge in [-0.2, -0.15) is 9.78 Å². The molecule has 0 spiro atoms. The van der Waals surface area contributed by atoms with Crippen molar-refractivity contribution < 1.29 is 23.8 Å². The SMILES string of the molecule is CC1(C)OB(c2cnn(C(=O)OBO)c2)OC1(C)C. The fourth-order valence-corrected chi connectivity index (χ4v) is 1.66. The summed E-state index contributed by atoms with van der Waals surface area (Å²) < 4.78 is 17.1. The fraction of sp³-hybridized carbons (Fsp3) is 0.600. The fourth-order valence-electron chi connectivity index (χ4n) is 1.66. The standard InChI is InChI=1S/C10H16B2N2O5/c1-9(2)10(3,4)19-12(18-9)7-5-13-14(6-7)8(15)17-11-16/h5-6,11,16H,1-4H3. The lowest BCUT2D eigenvalue weighted by Gasteiger charge is -2.32. The van der Waals surface area contributed by atoms with Crippen molar-refractivity contribution in [1.82, 2.24) is 9.78 Å². The predicted octanol–water partition coefficient (Wildman–Crippen LogP) is -0.574. The number of carbonyl (C=O) groups excluding carboxylic acids is 1. The number of carbonyl (C=O) groups is 1. The molecule has 19 heavy (non-hydrogen) atoms. The summed E-state index contributed by atoms with van der Waals surface area (Å²) in [5.74, 6) is 0. The van der Waals surface area contributed by atoms with Gasteiger partial charge in [-0.25, -0.2) is 4.79 Å². The largest absolute Gasteiger partial charge is 0.507 e. The molecule has 1 aliphatic rings.